The predicted molar refractivity (Wildman–Crippen MR) is 47.8 cm³/mol. The zero-order valence-electron chi connectivity index (χ0n) is 6.27. The van der Waals surface area contributed by atoms with E-state index in [2.05, 4.69) is 13.2 Å². The molecule has 58 valence electrons. The molecule has 0 aromatic heterocycles. The fourth-order valence-electron chi connectivity index (χ4n) is 0.525. The van der Waals surface area contributed by atoms with E-state index in [1.807, 2.05) is 0 Å². The van der Waals surface area contributed by atoms with E-state index in [-0.39, 0.29) is 0 Å². The summed E-state index contributed by atoms with van der Waals surface area (Å²) in [7, 11) is -1.41. The molecule has 0 spiro atoms. The van der Waals surface area contributed by atoms with Crippen LogP contribution < -0.4 is 0 Å². The van der Waals surface area contributed by atoms with Crippen molar-refractivity contribution in [3.05, 3.63) is 49.0 Å². The molecule has 0 aromatic carbocycles. The average Bonchev–Trinajstić information content (AvgIpc) is 1.97. The molecule has 3 heteroatoms. The van der Waals surface area contributed by atoms with Crippen molar-refractivity contribution >= 4 is 7.12 Å². The summed E-state index contributed by atoms with van der Waals surface area (Å²) >= 11 is 0. The van der Waals surface area contributed by atoms with Crippen LogP contribution in [0.3, 0.4) is 0 Å². The molecule has 0 unspecified atom stereocenters. The van der Waals surface area contributed by atoms with Crippen LogP contribution in [0.5, 0.6) is 0 Å². The summed E-state index contributed by atoms with van der Waals surface area (Å²) in [5.74, 6) is 1.25. The normalized spacial score (nSPS) is 11.6. The number of hydrogen-bond acceptors (Lipinski definition) is 2. The van der Waals surface area contributed by atoms with Crippen LogP contribution >= 0.6 is 0 Å². The average molecular weight is 150 g/mol. The Morgan fingerprint density at radius 2 is 1.91 bits per heavy atom. The lowest BCUT2D eigenvalue weighted by Crippen LogP contribution is -2.05. The number of hydrogen-bond donors (Lipinski definition) is 2. The van der Waals surface area contributed by atoms with Crippen LogP contribution in [0.4, 0.5) is 0 Å². The molecule has 0 aromatic rings. The van der Waals surface area contributed by atoms with Crippen molar-refractivity contribution < 1.29 is 10.0 Å². The third-order valence-corrected chi connectivity index (χ3v) is 1.01. The van der Waals surface area contributed by atoms with Crippen molar-refractivity contribution in [1.82, 2.24) is 0 Å². The van der Waals surface area contributed by atoms with E-state index in [1.54, 1.807) is 24.3 Å². The quantitative estimate of drug-likeness (QED) is 0.460. The minimum Gasteiger partial charge on any atom is -0.424 e. The first-order chi connectivity index (χ1) is 5.20. The fourth-order valence-corrected chi connectivity index (χ4v) is 0.525. The van der Waals surface area contributed by atoms with Crippen molar-refractivity contribution in [2.24, 2.45) is 0 Å². The zero-order valence-corrected chi connectivity index (χ0v) is 6.27. The minimum absolute atomic E-state index is 0.785. The first-order valence-corrected chi connectivity index (χ1v) is 3.20. The van der Waals surface area contributed by atoms with Crippen LogP contribution in [0.2, 0.25) is 0 Å². The molecule has 0 aliphatic rings. The summed E-state index contributed by atoms with van der Waals surface area (Å²) in [6, 6.07) is 0. The maximum absolute atomic E-state index is 8.45. The van der Waals surface area contributed by atoms with E-state index in [1.165, 1.54) is 5.98 Å². The third-order valence-electron chi connectivity index (χ3n) is 1.01. The van der Waals surface area contributed by atoms with Gasteiger partial charge in [0.15, 0.2) is 0 Å². The van der Waals surface area contributed by atoms with Crippen LogP contribution in [-0.2, 0) is 0 Å². The molecule has 0 bridgehead atoms. The molecular weight excluding hydrogens is 139 g/mol. The highest BCUT2D eigenvalue weighted by Gasteiger charge is 1.96. The summed E-state index contributed by atoms with van der Waals surface area (Å²) in [5.41, 5.74) is 0.785. The van der Waals surface area contributed by atoms with Crippen LogP contribution in [0.15, 0.2) is 49.0 Å². The van der Waals surface area contributed by atoms with Gasteiger partial charge in [0.05, 0.1) is 0 Å². The molecule has 0 amide bonds. The molecule has 11 heavy (non-hydrogen) atoms. The molecule has 0 aliphatic heterocycles. The minimum atomic E-state index is -1.41. The van der Waals surface area contributed by atoms with E-state index < -0.39 is 7.12 Å². The van der Waals surface area contributed by atoms with Crippen LogP contribution in [0.1, 0.15) is 0 Å². The monoisotopic (exact) mass is 150 g/mol. The smallest absolute Gasteiger partial charge is 0.424 e. The van der Waals surface area contributed by atoms with Gasteiger partial charge in [0, 0.05) is 0 Å². The van der Waals surface area contributed by atoms with Crippen molar-refractivity contribution in [2.75, 3.05) is 0 Å². The first-order valence-electron chi connectivity index (χ1n) is 3.20. The Balaban J connectivity index is 4.18. The van der Waals surface area contributed by atoms with Gasteiger partial charge in [-0.3, -0.25) is 0 Å². The van der Waals surface area contributed by atoms with Crippen molar-refractivity contribution in [1.29, 1.82) is 0 Å². The Hall–Kier alpha value is -1.06. The standard InChI is InChI=1S/C8H11BO2/c1-3-5-8(4-2)6-7-9(10)11/h3-7,10-11H,1-2H2/b7-6+,8-5+. The van der Waals surface area contributed by atoms with Gasteiger partial charge in [0.2, 0.25) is 0 Å². The molecular formula is C8H11BO2. The Bertz CT molecular complexity index is 192. The lowest BCUT2D eigenvalue weighted by molar-refractivity contribution is 0.424. The first kappa shape index (κ1) is 9.94. The summed E-state index contributed by atoms with van der Waals surface area (Å²) in [4.78, 5) is 0. The highest BCUT2D eigenvalue weighted by atomic mass is 16.4. The van der Waals surface area contributed by atoms with Crippen LogP contribution in [0.25, 0.3) is 0 Å². The van der Waals surface area contributed by atoms with Gasteiger partial charge in [-0.2, -0.15) is 0 Å². The maximum Gasteiger partial charge on any atom is 0.480 e. The maximum atomic E-state index is 8.45. The van der Waals surface area contributed by atoms with Gasteiger partial charge in [-0.1, -0.05) is 43.4 Å². The molecule has 0 rings (SSSR count). The highest BCUT2D eigenvalue weighted by Crippen LogP contribution is 1.97. The SMILES string of the molecule is C=C/C=C(C=C)/C=C/B(O)O. The van der Waals surface area contributed by atoms with Crippen molar-refractivity contribution in [2.45, 2.75) is 0 Å². The van der Waals surface area contributed by atoms with Crippen LogP contribution in [0, 0.1) is 0 Å². The Morgan fingerprint density at radius 3 is 2.27 bits per heavy atom. The zero-order chi connectivity index (χ0) is 8.69. The second-order valence-electron chi connectivity index (χ2n) is 1.88. The van der Waals surface area contributed by atoms with Gasteiger partial charge in [0.1, 0.15) is 0 Å². The Kier molecular flexibility index (Phi) is 5.16. The van der Waals surface area contributed by atoms with Gasteiger partial charge >= 0.3 is 7.12 Å². The number of allylic oxidation sites excluding steroid dienone is 5. The molecule has 0 aliphatic carbocycles. The van der Waals surface area contributed by atoms with E-state index in [4.69, 9.17) is 10.0 Å². The van der Waals surface area contributed by atoms with Gasteiger partial charge in [-0.15, -0.1) is 0 Å². The Labute approximate surface area is 67.0 Å². The topological polar surface area (TPSA) is 40.5 Å². The largest absolute Gasteiger partial charge is 0.480 e. The van der Waals surface area contributed by atoms with Gasteiger partial charge < -0.3 is 10.0 Å². The lowest BCUT2D eigenvalue weighted by Gasteiger charge is -1.89. The summed E-state index contributed by atoms with van der Waals surface area (Å²) in [6.45, 7) is 7.02. The fraction of sp³-hybridized carbons (Fsp3) is 0. The highest BCUT2D eigenvalue weighted by molar-refractivity contribution is 6.47. The molecule has 0 fully saturated rings. The second kappa shape index (κ2) is 5.71. The van der Waals surface area contributed by atoms with Gasteiger partial charge in [-0.05, 0) is 5.57 Å². The van der Waals surface area contributed by atoms with Crippen molar-refractivity contribution in [3.63, 3.8) is 0 Å². The Morgan fingerprint density at radius 1 is 1.27 bits per heavy atom. The summed E-state index contributed by atoms with van der Waals surface area (Å²) < 4.78 is 0. The van der Waals surface area contributed by atoms with Crippen molar-refractivity contribution in [3.8, 4) is 0 Å². The van der Waals surface area contributed by atoms with Gasteiger partial charge in [0.25, 0.3) is 0 Å². The molecule has 0 saturated carbocycles. The second-order valence-corrected chi connectivity index (χ2v) is 1.88. The third kappa shape index (κ3) is 5.39. The molecule has 2 nitrogen and oxygen atoms in total. The molecule has 2 N–H and O–H groups in total. The lowest BCUT2D eigenvalue weighted by atomic mass is 9.90. The van der Waals surface area contributed by atoms with Gasteiger partial charge in [-0.25, -0.2) is 0 Å². The summed E-state index contributed by atoms with van der Waals surface area (Å²) in [5, 5.41) is 16.9. The van der Waals surface area contributed by atoms with Crippen LogP contribution in [-0.4, -0.2) is 17.2 Å². The predicted octanol–water partition coefficient (Wildman–Crippen LogP) is 0.853. The molecule has 0 atom stereocenters. The number of rotatable bonds is 4. The van der Waals surface area contributed by atoms with E-state index in [9.17, 15) is 0 Å². The molecule has 0 heterocycles. The molecule has 0 saturated heterocycles. The van der Waals surface area contributed by atoms with E-state index in [0.717, 1.165) is 5.57 Å². The van der Waals surface area contributed by atoms with E-state index >= 15 is 0 Å². The van der Waals surface area contributed by atoms with E-state index in [0.29, 0.717) is 0 Å². The summed E-state index contributed by atoms with van der Waals surface area (Å²) in [6.07, 6.45) is 6.47. The molecule has 0 radical (unpaired) electrons.